The molecule has 0 unspecified atom stereocenters. The Morgan fingerprint density at radius 1 is 1.29 bits per heavy atom. The lowest BCUT2D eigenvalue weighted by atomic mass is 9.73. The van der Waals surface area contributed by atoms with Crippen LogP contribution in [0.3, 0.4) is 0 Å². The fourth-order valence-corrected chi connectivity index (χ4v) is 2.48. The fraction of sp³-hybridized carbons (Fsp3) is 0.438. The van der Waals surface area contributed by atoms with Crippen molar-refractivity contribution in [1.29, 1.82) is 0 Å². The van der Waals surface area contributed by atoms with Gasteiger partial charge in [-0.2, -0.15) is 0 Å². The molecule has 0 spiro atoms. The summed E-state index contributed by atoms with van der Waals surface area (Å²) >= 11 is 0. The molecule has 0 N–H and O–H groups in total. The van der Waals surface area contributed by atoms with Crippen LogP contribution in [0.25, 0.3) is 6.08 Å². The van der Waals surface area contributed by atoms with Gasteiger partial charge in [0.25, 0.3) is 0 Å². The first-order chi connectivity index (χ1) is 7.99. The Hall–Kier alpha value is -1.37. The molecule has 0 saturated heterocycles. The highest BCUT2D eigenvalue weighted by molar-refractivity contribution is 6.03. The van der Waals surface area contributed by atoms with Crippen molar-refractivity contribution >= 4 is 11.9 Å². The second-order valence-electron chi connectivity index (χ2n) is 5.65. The van der Waals surface area contributed by atoms with Crippen LogP contribution in [0.2, 0.25) is 0 Å². The summed E-state index contributed by atoms with van der Waals surface area (Å²) in [5.74, 6) is 0.324. The van der Waals surface area contributed by atoms with Crippen molar-refractivity contribution in [2.75, 3.05) is 0 Å². The number of hydrogen-bond donors (Lipinski definition) is 0. The van der Waals surface area contributed by atoms with Gasteiger partial charge in [-0.05, 0) is 43.4 Å². The normalized spacial score (nSPS) is 21.8. The minimum atomic E-state index is -0.173. The van der Waals surface area contributed by atoms with E-state index in [1.807, 2.05) is 6.07 Å². The summed E-state index contributed by atoms with van der Waals surface area (Å²) < 4.78 is 0. The summed E-state index contributed by atoms with van der Waals surface area (Å²) in [4.78, 5) is 12.3. The molecule has 0 atom stereocenters. The Morgan fingerprint density at radius 2 is 2.06 bits per heavy atom. The van der Waals surface area contributed by atoms with Gasteiger partial charge in [-0.3, -0.25) is 4.79 Å². The number of carbonyl (C=O) groups is 1. The van der Waals surface area contributed by atoms with E-state index in [1.165, 1.54) is 5.56 Å². The first-order valence-corrected chi connectivity index (χ1v) is 6.31. The smallest absolute Gasteiger partial charge is 0.164 e. The number of aryl methyl sites for hydroxylation is 1. The van der Waals surface area contributed by atoms with Crippen molar-refractivity contribution in [1.82, 2.24) is 0 Å². The maximum Gasteiger partial charge on any atom is 0.164 e. The van der Waals surface area contributed by atoms with Crippen molar-refractivity contribution in [2.45, 2.75) is 40.0 Å². The van der Waals surface area contributed by atoms with E-state index in [4.69, 9.17) is 0 Å². The number of hydrogen-bond acceptors (Lipinski definition) is 1. The maximum atomic E-state index is 12.3. The molecule has 1 fully saturated rings. The monoisotopic (exact) mass is 228 g/mol. The SMILES string of the molecule is Cc1cccc(C=C2CCCC(C)(C)C2=O)c1. The molecule has 1 heteroatoms. The lowest BCUT2D eigenvalue weighted by Gasteiger charge is -2.29. The number of carbonyl (C=O) groups excluding carboxylic acids is 1. The molecule has 2 rings (SSSR count). The lowest BCUT2D eigenvalue weighted by Crippen LogP contribution is -2.29. The second-order valence-corrected chi connectivity index (χ2v) is 5.65. The van der Waals surface area contributed by atoms with E-state index in [0.717, 1.165) is 30.4 Å². The van der Waals surface area contributed by atoms with Crippen LogP contribution in [0.5, 0.6) is 0 Å². The number of Topliss-reactive ketones (excluding diaryl/α,β-unsaturated/α-hetero) is 1. The molecule has 17 heavy (non-hydrogen) atoms. The first-order valence-electron chi connectivity index (χ1n) is 6.31. The van der Waals surface area contributed by atoms with E-state index >= 15 is 0 Å². The summed E-state index contributed by atoms with van der Waals surface area (Å²) in [7, 11) is 0. The third-order valence-electron chi connectivity index (χ3n) is 3.54. The van der Waals surface area contributed by atoms with Crippen LogP contribution in [0, 0.1) is 12.3 Å². The number of ketones is 1. The Morgan fingerprint density at radius 3 is 2.76 bits per heavy atom. The van der Waals surface area contributed by atoms with Gasteiger partial charge in [-0.15, -0.1) is 0 Å². The molecule has 1 nitrogen and oxygen atoms in total. The van der Waals surface area contributed by atoms with Crippen molar-refractivity contribution in [3.8, 4) is 0 Å². The van der Waals surface area contributed by atoms with Gasteiger partial charge in [-0.25, -0.2) is 0 Å². The van der Waals surface area contributed by atoms with E-state index in [1.54, 1.807) is 0 Å². The molecule has 0 heterocycles. The zero-order valence-corrected chi connectivity index (χ0v) is 10.9. The minimum absolute atomic E-state index is 0.173. The van der Waals surface area contributed by atoms with E-state index in [-0.39, 0.29) is 5.41 Å². The summed E-state index contributed by atoms with van der Waals surface area (Å²) in [5, 5.41) is 0. The predicted octanol–water partition coefficient (Wildman–Crippen LogP) is 4.16. The maximum absolute atomic E-state index is 12.3. The molecule has 0 radical (unpaired) electrons. The van der Waals surface area contributed by atoms with Gasteiger partial charge in [0.05, 0.1) is 0 Å². The zero-order valence-electron chi connectivity index (χ0n) is 10.9. The summed E-state index contributed by atoms with van der Waals surface area (Å²) in [5.41, 5.74) is 3.20. The van der Waals surface area contributed by atoms with Gasteiger partial charge in [0.2, 0.25) is 0 Å². The van der Waals surface area contributed by atoms with Gasteiger partial charge in [-0.1, -0.05) is 43.7 Å². The molecular weight excluding hydrogens is 208 g/mol. The topological polar surface area (TPSA) is 17.1 Å². The molecule has 1 saturated carbocycles. The van der Waals surface area contributed by atoms with Crippen LogP contribution in [0.4, 0.5) is 0 Å². The van der Waals surface area contributed by atoms with Crippen molar-refractivity contribution < 1.29 is 4.79 Å². The van der Waals surface area contributed by atoms with E-state index in [9.17, 15) is 4.79 Å². The second kappa shape index (κ2) is 4.48. The van der Waals surface area contributed by atoms with Gasteiger partial charge in [0.1, 0.15) is 0 Å². The summed E-state index contributed by atoms with van der Waals surface area (Å²) in [6.07, 6.45) is 5.12. The quantitative estimate of drug-likeness (QED) is 0.660. The van der Waals surface area contributed by atoms with Crippen molar-refractivity contribution in [3.05, 3.63) is 41.0 Å². The highest BCUT2D eigenvalue weighted by Crippen LogP contribution is 2.35. The van der Waals surface area contributed by atoms with Crippen LogP contribution in [-0.4, -0.2) is 5.78 Å². The summed E-state index contributed by atoms with van der Waals surface area (Å²) in [6, 6.07) is 8.31. The Kier molecular flexibility index (Phi) is 3.19. The Labute approximate surface area is 104 Å². The van der Waals surface area contributed by atoms with Gasteiger partial charge in [0, 0.05) is 5.41 Å². The third-order valence-corrected chi connectivity index (χ3v) is 3.54. The minimum Gasteiger partial charge on any atom is -0.294 e. The number of allylic oxidation sites excluding steroid dienone is 1. The fourth-order valence-electron chi connectivity index (χ4n) is 2.48. The van der Waals surface area contributed by atoms with Crippen LogP contribution in [-0.2, 0) is 4.79 Å². The molecule has 1 aliphatic carbocycles. The lowest BCUT2D eigenvalue weighted by molar-refractivity contribution is -0.124. The van der Waals surface area contributed by atoms with Gasteiger partial charge in [0.15, 0.2) is 5.78 Å². The highest BCUT2D eigenvalue weighted by Gasteiger charge is 2.33. The first kappa shape index (κ1) is 12.1. The molecule has 1 aromatic rings. The largest absolute Gasteiger partial charge is 0.294 e. The Bertz CT molecular complexity index is 466. The molecule has 1 aliphatic rings. The molecular formula is C16H20O. The molecule has 0 aliphatic heterocycles. The Balaban J connectivity index is 2.30. The van der Waals surface area contributed by atoms with Crippen LogP contribution in [0.1, 0.15) is 44.2 Å². The third kappa shape index (κ3) is 2.66. The van der Waals surface area contributed by atoms with E-state index < -0.39 is 0 Å². The molecule has 0 aromatic heterocycles. The molecule has 1 aromatic carbocycles. The van der Waals surface area contributed by atoms with Crippen LogP contribution in [0.15, 0.2) is 29.8 Å². The number of rotatable bonds is 1. The van der Waals surface area contributed by atoms with Gasteiger partial charge < -0.3 is 0 Å². The highest BCUT2D eigenvalue weighted by atomic mass is 16.1. The summed E-state index contributed by atoms with van der Waals surface area (Å²) in [6.45, 7) is 6.19. The zero-order chi connectivity index (χ0) is 12.5. The van der Waals surface area contributed by atoms with E-state index in [0.29, 0.717) is 5.78 Å². The van der Waals surface area contributed by atoms with Crippen molar-refractivity contribution in [3.63, 3.8) is 0 Å². The average Bonchev–Trinajstić information content (AvgIpc) is 2.25. The number of benzene rings is 1. The molecule has 0 bridgehead atoms. The standard InChI is InChI=1S/C16H20O/c1-12-6-4-7-13(10-12)11-14-8-5-9-16(2,3)15(14)17/h4,6-7,10-11H,5,8-9H2,1-3H3. The van der Waals surface area contributed by atoms with Crippen LogP contribution < -0.4 is 0 Å². The molecule has 0 amide bonds. The average molecular weight is 228 g/mol. The van der Waals surface area contributed by atoms with E-state index in [2.05, 4.69) is 45.0 Å². The van der Waals surface area contributed by atoms with Gasteiger partial charge >= 0.3 is 0 Å². The van der Waals surface area contributed by atoms with Crippen molar-refractivity contribution in [2.24, 2.45) is 5.41 Å². The molecule has 90 valence electrons. The predicted molar refractivity (Wildman–Crippen MR) is 71.8 cm³/mol. The van der Waals surface area contributed by atoms with Crippen LogP contribution >= 0.6 is 0 Å².